The Hall–Kier alpha value is -3.34. The Morgan fingerprint density at radius 3 is 1.86 bits per heavy atom. The molecule has 0 rings (SSSR count). The van der Waals surface area contributed by atoms with E-state index in [9.17, 15) is 9.59 Å². The lowest BCUT2D eigenvalue weighted by Crippen LogP contribution is -2.01. The molecule has 0 heterocycles. The predicted octanol–water partition coefficient (Wildman–Crippen LogP) is 3.28. The van der Waals surface area contributed by atoms with Crippen molar-refractivity contribution < 1.29 is 38.6 Å². The Bertz CT molecular complexity index is 520. The predicted molar refractivity (Wildman–Crippen MR) is 101 cm³/mol. The van der Waals surface area contributed by atoms with Crippen LogP contribution in [0.15, 0.2) is 49.1 Å². The van der Waals surface area contributed by atoms with Gasteiger partial charge in [0, 0.05) is 12.2 Å². The van der Waals surface area contributed by atoms with Gasteiger partial charge in [-0.1, -0.05) is 70.1 Å². The summed E-state index contributed by atoms with van der Waals surface area (Å²) in [6.45, 7) is 8.04. The van der Waals surface area contributed by atoms with Crippen LogP contribution in [0.3, 0.4) is 0 Å². The van der Waals surface area contributed by atoms with Crippen LogP contribution in [0.5, 0.6) is 0 Å². The summed E-state index contributed by atoms with van der Waals surface area (Å²) in [5, 5.41) is 7.91. The van der Waals surface area contributed by atoms with E-state index in [0.29, 0.717) is 6.61 Å². The van der Waals surface area contributed by atoms with E-state index in [0.717, 1.165) is 25.3 Å². The molecule has 0 aliphatic rings. The first-order valence-corrected chi connectivity index (χ1v) is 8.42. The SMILES string of the molecule is C=C/C=C/C(=O)O.CCCC/C=C/C=C/C(=O)OCCCC.O=C=O.O=C=O. The summed E-state index contributed by atoms with van der Waals surface area (Å²) < 4.78 is 4.95. The van der Waals surface area contributed by atoms with Gasteiger partial charge in [0.1, 0.15) is 0 Å². The van der Waals surface area contributed by atoms with E-state index in [1.54, 1.807) is 6.08 Å². The first-order chi connectivity index (χ1) is 13.4. The summed E-state index contributed by atoms with van der Waals surface area (Å²) >= 11 is 0. The van der Waals surface area contributed by atoms with E-state index < -0.39 is 5.97 Å². The zero-order chi connectivity index (χ0) is 22.5. The van der Waals surface area contributed by atoms with Crippen molar-refractivity contribution in [1.82, 2.24) is 0 Å². The van der Waals surface area contributed by atoms with Gasteiger partial charge >= 0.3 is 24.2 Å². The van der Waals surface area contributed by atoms with Crippen molar-refractivity contribution in [3.05, 3.63) is 49.1 Å². The van der Waals surface area contributed by atoms with Crippen molar-refractivity contribution in [2.45, 2.75) is 46.0 Å². The lowest BCUT2D eigenvalue weighted by atomic mass is 10.2. The highest BCUT2D eigenvalue weighted by molar-refractivity contribution is 5.82. The topological polar surface area (TPSA) is 132 Å². The van der Waals surface area contributed by atoms with Gasteiger partial charge in [0.15, 0.2) is 0 Å². The van der Waals surface area contributed by atoms with Crippen LogP contribution in [0.1, 0.15) is 46.0 Å². The van der Waals surface area contributed by atoms with E-state index in [-0.39, 0.29) is 18.3 Å². The number of aliphatic carboxylic acids is 1. The maximum atomic E-state index is 11.1. The highest BCUT2D eigenvalue weighted by Gasteiger charge is 1.93. The maximum Gasteiger partial charge on any atom is 0.373 e. The largest absolute Gasteiger partial charge is 0.478 e. The number of carbonyl (C=O) groups is 2. The molecular weight excluding hydrogens is 368 g/mol. The number of hydrogen-bond donors (Lipinski definition) is 1. The summed E-state index contributed by atoms with van der Waals surface area (Å²) in [5.41, 5.74) is 0. The van der Waals surface area contributed by atoms with Crippen molar-refractivity contribution in [3.63, 3.8) is 0 Å². The zero-order valence-electron chi connectivity index (χ0n) is 16.3. The molecule has 0 aliphatic heterocycles. The normalized spacial score (nSPS) is 8.93. The van der Waals surface area contributed by atoms with Gasteiger partial charge in [-0.25, -0.2) is 9.59 Å². The number of hydrogen-bond acceptors (Lipinski definition) is 7. The van der Waals surface area contributed by atoms with Crippen LogP contribution in [-0.2, 0) is 33.5 Å². The molecule has 8 nitrogen and oxygen atoms in total. The molecule has 0 unspecified atom stereocenters. The van der Waals surface area contributed by atoms with Crippen molar-refractivity contribution in [2.75, 3.05) is 6.61 Å². The van der Waals surface area contributed by atoms with Crippen LogP contribution < -0.4 is 0 Å². The fourth-order valence-corrected chi connectivity index (χ4v) is 1.15. The Balaban J connectivity index is -0.000000183. The number of carbonyl (C=O) groups excluding carboxylic acids is 5. The van der Waals surface area contributed by atoms with Crippen molar-refractivity contribution in [2.24, 2.45) is 0 Å². The number of rotatable bonds is 10. The molecule has 0 fully saturated rings. The standard InChI is InChI=1S/C13H22O2.C5H6O2.2CO2/c1-3-5-7-8-9-10-11-13(14)15-12-6-4-2;1-2-3-4-5(6)7;2*2-1-3/h8-11H,3-7,12H2,1-2H3;2-4H,1H2,(H,6,7);;/b9-8+,11-10+;4-3+;;. The van der Waals surface area contributed by atoms with Gasteiger partial charge in [-0.2, -0.15) is 19.2 Å². The molecule has 0 atom stereocenters. The second-order valence-corrected chi connectivity index (χ2v) is 4.55. The molecule has 0 saturated heterocycles. The molecule has 28 heavy (non-hydrogen) atoms. The lowest BCUT2D eigenvalue weighted by molar-refractivity contribution is -0.193. The second kappa shape index (κ2) is 34.9. The van der Waals surface area contributed by atoms with Gasteiger partial charge in [-0.3, -0.25) is 0 Å². The minimum Gasteiger partial charge on any atom is -0.478 e. The van der Waals surface area contributed by atoms with Gasteiger partial charge in [0.2, 0.25) is 0 Å². The summed E-state index contributed by atoms with van der Waals surface area (Å²) in [6, 6.07) is 0. The molecule has 0 aromatic rings. The van der Waals surface area contributed by atoms with Gasteiger partial charge < -0.3 is 9.84 Å². The maximum absolute atomic E-state index is 11.1. The third-order valence-corrected chi connectivity index (χ3v) is 2.32. The van der Waals surface area contributed by atoms with E-state index in [1.165, 1.54) is 31.1 Å². The fraction of sp³-hybridized carbons (Fsp3) is 0.400. The molecule has 0 amide bonds. The van der Waals surface area contributed by atoms with Crippen molar-refractivity contribution in [1.29, 1.82) is 0 Å². The third kappa shape index (κ3) is 57.0. The van der Waals surface area contributed by atoms with Gasteiger partial charge in [0.25, 0.3) is 0 Å². The van der Waals surface area contributed by atoms with Crippen LogP contribution >= 0.6 is 0 Å². The number of allylic oxidation sites excluding steroid dienone is 5. The van der Waals surface area contributed by atoms with E-state index in [4.69, 9.17) is 29.0 Å². The molecule has 8 heteroatoms. The van der Waals surface area contributed by atoms with Crippen molar-refractivity contribution >= 4 is 24.2 Å². The van der Waals surface area contributed by atoms with Crippen LogP contribution in [0, 0.1) is 0 Å². The lowest BCUT2D eigenvalue weighted by Gasteiger charge is -1.97. The molecule has 0 bridgehead atoms. The summed E-state index contributed by atoms with van der Waals surface area (Å²) in [6.07, 6.45) is 16.9. The average Bonchev–Trinajstić information content (AvgIpc) is 2.65. The molecule has 1 N–H and O–H groups in total. The number of carboxylic acids is 1. The summed E-state index contributed by atoms with van der Waals surface area (Å²) in [4.78, 5) is 53.2. The highest BCUT2D eigenvalue weighted by Crippen LogP contribution is 1.95. The first kappa shape index (κ1) is 32.3. The zero-order valence-corrected chi connectivity index (χ0v) is 16.3. The average molecular weight is 396 g/mol. The number of ether oxygens (including phenoxy) is 1. The van der Waals surface area contributed by atoms with Crippen LogP contribution in [0.25, 0.3) is 0 Å². The van der Waals surface area contributed by atoms with Crippen LogP contribution in [0.2, 0.25) is 0 Å². The fourth-order valence-electron chi connectivity index (χ4n) is 1.15. The molecule has 0 radical (unpaired) electrons. The number of unbranched alkanes of at least 4 members (excludes halogenated alkanes) is 3. The Labute approximate surface area is 165 Å². The van der Waals surface area contributed by atoms with Gasteiger partial charge in [-0.05, 0) is 12.8 Å². The Morgan fingerprint density at radius 1 is 0.929 bits per heavy atom. The van der Waals surface area contributed by atoms with Crippen LogP contribution in [-0.4, -0.2) is 36.0 Å². The monoisotopic (exact) mass is 396 g/mol. The summed E-state index contributed by atoms with van der Waals surface area (Å²) in [5.74, 6) is -1.19. The molecular formula is C20H28O8. The Morgan fingerprint density at radius 2 is 1.46 bits per heavy atom. The second-order valence-electron chi connectivity index (χ2n) is 4.55. The molecule has 0 aliphatic carbocycles. The number of carboxylic acid groups (broad SMARTS) is 1. The molecule has 0 saturated carbocycles. The van der Waals surface area contributed by atoms with E-state index in [2.05, 4.69) is 26.5 Å². The van der Waals surface area contributed by atoms with Gasteiger partial charge in [0.05, 0.1) is 6.61 Å². The summed E-state index contributed by atoms with van der Waals surface area (Å²) in [7, 11) is 0. The number of esters is 1. The van der Waals surface area contributed by atoms with E-state index in [1.807, 2.05) is 6.08 Å². The highest BCUT2D eigenvalue weighted by atomic mass is 16.5. The smallest absolute Gasteiger partial charge is 0.373 e. The molecule has 0 spiro atoms. The Kier molecular flexibility index (Phi) is 40.3. The van der Waals surface area contributed by atoms with Crippen LogP contribution in [0.4, 0.5) is 0 Å². The molecule has 0 aromatic heterocycles. The van der Waals surface area contributed by atoms with Gasteiger partial charge in [-0.15, -0.1) is 0 Å². The molecule has 0 aromatic carbocycles. The van der Waals surface area contributed by atoms with E-state index >= 15 is 0 Å². The minimum absolute atomic E-state index is 0.247. The third-order valence-electron chi connectivity index (χ3n) is 2.32. The minimum atomic E-state index is -0.945. The molecule has 156 valence electrons. The van der Waals surface area contributed by atoms with Crippen molar-refractivity contribution in [3.8, 4) is 0 Å². The first-order valence-electron chi connectivity index (χ1n) is 8.42. The quantitative estimate of drug-likeness (QED) is 0.257.